The molecular weight excluding hydrogens is 302 g/mol. The summed E-state index contributed by atoms with van der Waals surface area (Å²) in [5.41, 5.74) is 2.08. The van der Waals surface area contributed by atoms with Gasteiger partial charge in [-0.25, -0.2) is 4.98 Å². The first kappa shape index (κ1) is 16.4. The van der Waals surface area contributed by atoms with E-state index in [0.29, 0.717) is 17.0 Å². The zero-order valence-corrected chi connectivity index (χ0v) is 14.6. The first-order valence-corrected chi connectivity index (χ1v) is 8.49. The molecule has 0 spiro atoms. The Labute approximate surface area is 135 Å². The maximum atomic E-state index is 5.90. The van der Waals surface area contributed by atoms with Gasteiger partial charge in [-0.2, -0.15) is 0 Å². The minimum absolute atomic E-state index is 0.469. The molecular formula is C16H22ClN3S. The van der Waals surface area contributed by atoms with Gasteiger partial charge in [0.05, 0.1) is 16.4 Å². The van der Waals surface area contributed by atoms with Crippen molar-refractivity contribution in [1.82, 2.24) is 15.3 Å². The minimum atomic E-state index is 0.469. The summed E-state index contributed by atoms with van der Waals surface area (Å²) in [7, 11) is 0. The second-order valence-corrected chi connectivity index (χ2v) is 7.40. The Bertz CT molecular complexity index is 576. The highest BCUT2D eigenvalue weighted by Gasteiger charge is 2.14. The highest BCUT2D eigenvalue weighted by atomic mass is 35.5. The Balaban J connectivity index is 2.28. The number of pyridine rings is 1. The predicted molar refractivity (Wildman–Crippen MR) is 90.9 cm³/mol. The Hall–Kier alpha value is -0.970. The van der Waals surface area contributed by atoms with Crippen molar-refractivity contribution >= 4 is 22.9 Å². The lowest BCUT2D eigenvalue weighted by molar-refractivity contribution is 0.581. The second kappa shape index (κ2) is 7.34. The van der Waals surface area contributed by atoms with Crippen molar-refractivity contribution in [2.24, 2.45) is 5.92 Å². The van der Waals surface area contributed by atoms with Crippen molar-refractivity contribution in [3.8, 4) is 10.7 Å². The lowest BCUT2D eigenvalue weighted by Gasteiger charge is -2.08. The Morgan fingerprint density at radius 3 is 2.57 bits per heavy atom. The number of nitrogens with one attached hydrogen (secondary N) is 1. The van der Waals surface area contributed by atoms with E-state index in [1.165, 1.54) is 10.6 Å². The van der Waals surface area contributed by atoms with Crippen LogP contribution in [0.1, 0.15) is 38.3 Å². The van der Waals surface area contributed by atoms with Crippen LogP contribution >= 0.6 is 22.9 Å². The minimum Gasteiger partial charge on any atom is -0.310 e. The summed E-state index contributed by atoms with van der Waals surface area (Å²) in [5, 5.41) is 5.11. The molecule has 2 aromatic heterocycles. The van der Waals surface area contributed by atoms with Crippen LogP contribution < -0.4 is 5.32 Å². The van der Waals surface area contributed by atoms with Crippen molar-refractivity contribution in [2.45, 2.75) is 46.7 Å². The molecule has 2 aromatic rings. The number of hydrogen-bond acceptors (Lipinski definition) is 4. The van der Waals surface area contributed by atoms with Gasteiger partial charge >= 0.3 is 0 Å². The molecule has 0 atom stereocenters. The maximum absolute atomic E-state index is 5.90. The molecule has 0 aliphatic rings. The van der Waals surface area contributed by atoms with Gasteiger partial charge in [0, 0.05) is 23.7 Å². The zero-order valence-electron chi connectivity index (χ0n) is 13.0. The van der Waals surface area contributed by atoms with E-state index in [1.54, 1.807) is 17.5 Å². The lowest BCUT2D eigenvalue weighted by Crippen LogP contribution is -2.22. The number of rotatable bonds is 6. The average Bonchev–Trinajstić information content (AvgIpc) is 2.79. The topological polar surface area (TPSA) is 37.8 Å². The molecule has 0 aliphatic carbocycles. The van der Waals surface area contributed by atoms with E-state index in [1.807, 2.05) is 12.1 Å². The third-order valence-corrected chi connectivity index (χ3v) is 4.34. The second-order valence-electron chi connectivity index (χ2n) is 5.88. The van der Waals surface area contributed by atoms with Gasteiger partial charge < -0.3 is 5.32 Å². The van der Waals surface area contributed by atoms with Crippen LogP contribution in [0.4, 0.5) is 0 Å². The van der Waals surface area contributed by atoms with E-state index in [-0.39, 0.29) is 0 Å². The van der Waals surface area contributed by atoms with Crippen LogP contribution in [0.25, 0.3) is 10.7 Å². The SMILES string of the molecule is CC(C)Cc1nc(-c2ccc(Cl)cn2)sc1CNC(C)C. The Morgan fingerprint density at radius 2 is 2.00 bits per heavy atom. The molecule has 0 aromatic carbocycles. The molecule has 21 heavy (non-hydrogen) atoms. The van der Waals surface area contributed by atoms with E-state index in [9.17, 15) is 0 Å². The molecule has 0 saturated heterocycles. The number of hydrogen-bond donors (Lipinski definition) is 1. The van der Waals surface area contributed by atoms with Crippen LogP contribution in [-0.4, -0.2) is 16.0 Å². The van der Waals surface area contributed by atoms with E-state index in [4.69, 9.17) is 16.6 Å². The van der Waals surface area contributed by atoms with Crippen molar-refractivity contribution in [1.29, 1.82) is 0 Å². The Morgan fingerprint density at radius 1 is 1.24 bits per heavy atom. The summed E-state index contributed by atoms with van der Waals surface area (Å²) < 4.78 is 0. The fourth-order valence-corrected chi connectivity index (χ4v) is 3.10. The van der Waals surface area contributed by atoms with Crippen LogP contribution in [0.3, 0.4) is 0 Å². The highest BCUT2D eigenvalue weighted by Crippen LogP contribution is 2.29. The predicted octanol–water partition coefficient (Wildman–Crippen LogP) is 4.56. The van der Waals surface area contributed by atoms with Crippen molar-refractivity contribution in [2.75, 3.05) is 0 Å². The van der Waals surface area contributed by atoms with Crippen LogP contribution in [0.2, 0.25) is 5.02 Å². The van der Waals surface area contributed by atoms with Crippen LogP contribution in [0.5, 0.6) is 0 Å². The molecule has 0 bridgehead atoms. The molecule has 0 radical (unpaired) electrons. The first-order valence-electron chi connectivity index (χ1n) is 7.29. The third-order valence-electron chi connectivity index (χ3n) is 3.00. The number of thiazole rings is 1. The fourth-order valence-electron chi connectivity index (χ4n) is 1.98. The number of halogens is 1. The van der Waals surface area contributed by atoms with Gasteiger partial charge in [0.15, 0.2) is 0 Å². The summed E-state index contributed by atoms with van der Waals surface area (Å²) in [4.78, 5) is 10.5. The van der Waals surface area contributed by atoms with Gasteiger partial charge in [-0.1, -0.05) is 39.3 Å². The van der Waals surface area contributed by atoms with Crippen LogP contribution in [-0.2, 0) is 13.0 Å². The van der Waals surface area contributed by atoms with Gasteiger partial charge in [-0.15, -0.1) is 11.3 Å². The molecule has 3 nitrogen and oxygen atoms in total. The quantitative estimate of drug-likeness (QED) is 0.847. The summed E-state index contributed by atoms with van der Waals surface area (Å²) in [5.74, 6) is 0.593. The molecule has 0 unspecified atom stereocenters. The molecule has 0 aliphatic heterocycles. The monoisotopic (exact) mass is 323 g/mol. The van der Waals surface area contributed by atoms with E-state index in [0.717, 1.165) is 23.7 Å². The molecule has 5 heteroatoms. The normalized spacial score (nSPS) is 11.6. The summed E-state index contributed by atoms with van der Waals surface area (Å²) in [6, 6.07) is 4.26. The molecule has 0 saturated carbocycles. The summed E-state index contributed by atoms with van der Waals surface area (Å²) in [6.45, 7) is 9.62. The summed E-state index contributed by atoms with van der Waals surface area (Å²) in [6.07, 6.45) is 2.67. The van der Waals surface area contributed by atoms with Gasteiger partial charge in [0.1, 0.15) is 5.01 Å². The highest BCUT2D eigenvalue weighted by molar-refractivity contribution is 7.15. The van der Waals surface area contributed by atoms with Crippen LogP contribution in [0.15, 0.2) is 18.3 Å². The lowest BCUT2D eigenvalue weighted by atomic mass is 10.1. The molecule has 2 rings (SSSR count). The third kappa shape index (κ3) is 4.77. The van der Waals surface area contributed by atoms with Crippen molar-refractivity contribution in [3.05, 3.63) is 33.9 Å². The van der Waals surface area contributed by atoms with Crippen molar-refractivity contribution < 1.29 is 0 Å². The van der Waals surface area contributed by atoms with Crippen molar-refractivity contribution in [3.63, 3.8) is 0 Å². The maximum Gasteiger partial charge on any atom is 0.142 e. The average molecular weight is 324 g/mol. The first-order chi connectivity index (χ1) is 9.95. The molecule has 2 heterocycles. The van der Waals surface area contributed by atoms with Gasteiger partial charge in [0.25, 0.3) is 0 Å². The molecule has 0 amide bonds. The molecule has 0 fully saturated rings. The van der Waals surface area contributed by atoms with E-state index < -0.39 is 0 Å². The van der Waals surface area contributed by atoms with Gasteiger partial charge in [-0.05, 0) is 24.5 Å². The van der Waals surface area contributed by atoms with Gasteiger partial charge in [-0.3, -0.25) is 4.98 Å². The van der Waals surface area contributed by atoms with E-state index >= 15 is 0 Å². The van der Waals surface area contributed by atoms with E-state index in [2.05, 4.69) is 38.0 Å². The summed E-state index contributed by atoms with van der Waals surface area (Å²) >= 11 is 7.62. The molecule has 114 valence electrons. The Kier molecular flexibility index (Phi) is 5.73. The zero-order chi connectivity index (χ0) is 15.4. The van der Waals surface area contributed by atoms with Gasteiger partial charge in [0.2, 0.25) is 0 Å². The smallest absolute Gasteiger partial charge is 0.142 e. The fraction of sp³-hybridized carbons (Fsp3) is 0.500. The standard InChI is InChI=1S/C16H22ClN3S/c1-10(2)7-14-15(9-18-11(3)4)21-16(20-14)13-6-5-12(17)8-19-13/h5-6,8,10-11,18H,7,9H2,1-4H3. The number of nitrogens with zero attached hydrogens (tertiary/aromatic N) is 2. The number of aromatic nitrogens is 2. The largest absolute Gasteiger partial charge is 0.310 e. The molecule has 1 N–H and O–H groups in total. The van der Waals surface area contributed by atoms with Crippen LogP contribution in [0, 0.1) is 5.92 Å².